The summed E-state index contributed by atoms with van der Waals surface area (Å²) in [6.45, 7) is 0.268. The van der Waals surface area contributed by atoms with Crippen molar-refractivity contribution in [1.29, 1.82) is 0 Å². The summed E-state index contributed by atoms with van der Waals surface area (Å²) in [4.78, 5) is 4.36. The summed E-state index contributed by atoms with van der Waals surface area (Å²) in [5, 5.41) is 13.6. The van der Waals surface area contributed by atoms with Gasteiger partial charge < -0.3 is 14.4 Å². The molecule has 0 saturated heterocycles. The molecule has 1 aliphatic carbocycles. The lowest BCUT2D eigenvalue weighted by Gasteiger charge is -2.27. The molecule has 0 saturated carbocycles. The Kier molecular flexibility index (Phi) is 3.31. The summed E-state index contributed by atoms with van der Waals surface area (Å²) in [5.41, 5.74) is 2.62. The van der Waals surface area contributed by atoms with E-state index in [4.69, 9.17) is 9.26 Å². The molecule has 5 heteroatoms. The maximum absolute atomic E-state index is 9.63. The Morgan fingerprint density at radius 2 is 2.32 bits per heavy atom. The Morgan fingerprint density at radius 3 is 3.11 bits per heavy atom. The van der Waals surface area contributed by atoms with Crippen molar-refractivity contribution in [3.05, 3.63) is 47.1 Å². The molecule has 1 aliphatic rings. The molecule has 0 radical (unpaired) electrons. The maximum atomic E-state index is 9.63. The average Bonchev–Trinajstić information content (AvgIpc) is 2.79. The SMILES string of the molecule is COCC(O)Cc1nc(C2Cc3ccccc32)no1. The van der Waals surface area contributed by atoms with E-state index in [0.717, 1.165) is 6.42 Å². The van der Waals surface area contributed by atoms with Gasteiger partial charge in [0.25, 0.3) is 0 Å². The number of nitrogens with zero attached hydrogens (tertiary/aromatic N) is 2. The van der Waals surface area contributed by atoms with Gasteiger partial charge in [-0.1, -0.05) is 29.4 Å². The van der Waals surface area contributed by atoms with Gasteiger partial charge in [-0.25, -0.2) is 0 Å². The van der Waals surface area contributed by atoms with E-state index in [1.54, 1.807) is 7.11 Å². The van der Waals surface area contributed by atoms with Crippen molar-refractivity contribution >= 4 is 0 Å². The molecule has 0 fully saturated rings. The predicted molar refractivity (Wildman–Crippen MR) is 67.9 cm³/mol. The van der Waals surface area contributed by atoms with Crippen LogP contribution < -0.4 is 0 Å². The van der Waals surface area contributed by atoms with Gasteiger partial charge in [-0.3, -0.25) is 0 Å². The van der Waals surface area contributed by atoms with Crippen molar-refractivity contribution in [1.82, 2.24) is 10.1 Å². The van der Waals surface area contributed by atoms with Gasteiger partial charge in [0.1, 0.15) is 0 Å². The molecule has 100 valence electrons. The van der Waals surface area contributed by atoms with Crippen molar-refractivity contribution in [2.75, 3.05) is 13.7 Å². The van der Waals surface area contributed by atoms with Crippen LogP contribution in [0.5, 0.6) is 0 Å². The normalized spacial score (nSPS) is 18.7. The number of benzene rings is 1. The van der Waals surface area contributed by atoms with Gasteiger partial charge in [0.15, 0.2) is 5.82 Å². The van der Waals surface area contributed by atoms with Crippen LogP contribution in [-0.4, -0.2) is 35.1 Å². The largest absolute Gasteiger partial charge is 0.390 e. The molecule has 1 N–H and O–H groups in total. The van der Waals surface area contributed by atoms with E-state index >= 15 is 0 Å². The Labute approximate surface area is 111 Å². The number of aromatic nitrogens is 2. The maximum Gasteiger partial charge on any atom is 0.229 e. The lowest BCUT2D eigenvalue weighted by atomic mass is 9.77. The van der Waals surface area contributed by atoms with Gasteiger partial charge in [0.2, 0.25) is 5.89 Å². The van der Waals surface area contributed by atoms with Crippen LogP contribution >= 0.6 is 0 Å². The molecule has 0 bridgehead atoms. The van der Waals surface area contributed by atoms with Gasteiger partial charge in [-0.2, -0.15) is 4.98 Å². The molecule has 0 aliphatic heterocycles. The molecule has 19 heavy (non-hydrogen) atoms. The van der Waals surface area contributed by atoms with Crippen LogP contribution in [0.25, 0.3) is 0 Å². The summed E-state index contributed by atoms with van der Waals surface area (Å²) in [6, 6.07) is 8.28. The molecular formula is C14H16N2O3. The van der Waals surface area contributed by atoms with E-state index < -0.39 is 6.10 Å². The smallest absolute Gasteiger partial charge is 0.229 e. The number of ether oxygens (including phenoxy) is 1. The lowest BCUT2D eigenvalue weighted by molar-refractivity contribution is 0.0599. The van der Waals surface area contributed by atoms with Gasteiger partial charge in [-0.05, 0) is 17.5 Å². The second-order valence-electron chi connectivity index (χ2n) is 4.82. The fourth-order valence-electron chi connectivity index (χ4n) is 2.43. The van der Waals surface area contributed by atoms with Crippen LogP contribution in [0.2, 0.25) is 0 Å². The zero-order chi connectivity index (χ0) is 13.2. The van der Waals surface area contributed by atoms with E-state index in [9.17, 15) is 5.11 Å². The highest BCUT2D eigenvalue weighted by atomic mass is 16.5. The molecule has 0 amide bonds. The molecule has 1 heterocycles. The van der Waals surface area contributed by atoms with Crippen LogP contribution in [0.4, 0.5) is 0 Å². The van der Waals surface area contributed by atoms with Crippen molar-refractivity contribution in [2.45, 2.75) is 24.9 Å². The highest BCUT2D eigenvalue weighted by molar-refractivity contribution is 5.43. The summed E-state index contributed by atoms with van der Waals surface area (Å²) in [6.07, 6.45) is 0.678. The second-order valence-corrected chi connectivity index (χ2v) is 4.82. The number of hydrogen-bond acceptors (Lipinski definition) is 5. The first-order valence-electron chi connectivity index (χ1n) is 6.35. The zero-order valence-corrected chi connectivity index (χ0v) is 10.7. The summed E-state index contributed by atoms with van der Waals surface area (Å²) >= 11 is 0. The van der Waals surface area contributed by atoms with Gasteiger partial charge in [0.05, 0.1) is 25.0 Å². The Bertz CT molecular complexity index is 567. The van der Waals surface area contributed by atoms with Crippen LogP contribution in [0, 0.1) is 0 Å². The highest BCUT2D eigenvalue weighted by Gasteiger charge is 2.31. The lowest BCUT2D eigenvalue weighted by Crippen LogP contribution is -2.19. The summed E-state index contributed by atoms with van der Waals surface area (Å²) < 4.78 is 10.0. The highest BCUT2D eigenvalue weighted by Crippen LogP contribution is 2.38. The van der Waals surface area contributed by atoms with Crippen molar-refractivity contribution in [3.63, 3.8) is 0 Å². The fraction of sp³-hybridized carbons (Fsp3) is 0.429. The van der Waals surface area contributed by atoms with Crippen molar-refractivity contribution in [2.24, 2.45) is 0 Å². The van der Waals surface area contributed by atoms with Crippen LogP contribution in [-0.2, 0) is 17.6 Å². The minimum absolute atomic E-state index is 0.230. The third kappa shape index (κ3) is 2.39. The molecule has 2 atom stereocenters. The van der Waals surface area contributed by atoms with Crippen LogP contribution in [0.3, 0.4) is 0 Å². The van der Waals surface area contributed by atoms with Crippen molar-refractivity contribution in [3.8, 4) is 0 Å². The molecule has 2 aromatic rings. The quantitative estimate of drug-likeness (QED) is 0.877. The first-order valence-corrected chi connectivity index (χ1v) is 6.35. The van der Waals surface area contributed by atoms with Crippen LogP contribution in [0.15, 0.2) is 28.8 Å². The minimum atomic E-state index is -0.605. The zero-order valence-electron chi connectivity index (χ0n) is 10.7. The minimum Gasteiger partial charge on any atom is -0.390 e. The van der Waals surface area contributed by atoms with Gasteiger partial charge >= 0.3 is 0 Å². The summed E-state index contributed by atoms with van der Waals surface area (Å²) in [7, 11) is 1.55. The number of methoxy groups -OCH3 is 1. The average molecular weight is 260 g/mol. The number of fused-ring (bicyclic) bond motifs is 1. The second kappa shape index (κ2) is 5.11. The topological polar surface area (TPSA) is 68.4 Å². The number of aliphatic hydroxyl groups excluding tert-OH is 1. The fourth-order valence-corrected chi connectivity index (χ4v) is 2.43. The first-order chi connectivity index (χ1) is 9.28. The van der Waals surface area contributed by atoms with E-state index in [1.807, 2.05) is 12.1 Å². The molecule has 0 spiro atoms. The molecule has 1 aromatic carbocycles. The van der Waals surface area contributed by atoms with Crippen LogP contribution in [0.1, 0.15) is 28.8 Å². The number of hydrogen-bond donors (Lipinski definition) is 1. The monoisotopic (exact) mass is 260 g/mol. The van der Waals surface area contributed by atoms with E-state index in [-0.39, 0.29) is 12.5 Å². The predicted octanol–water partition coefficient (Wildman–Crippen LogP) is 1.31. The number of aliphatic hydroxyl groups is 1. The standard InChI is InChI=1S/C14H16N2O3/c1-18-8-10(17)7-13-15-14(16-19-13)12-6-9-4-2-3-5-11(9)12/h2-5,10,12,17H,6-8H2,1H3. The molecule has 2 unspecified atom stereocenters. The molecule has 3 rings (SSSR count). The Morgan fingerprint density at radius 1 is 1.47 bits per heavy atom. The van der Waals surface area contributed by atoms with E-state index in [1.165, 1.54) is 11.1 Å². The van der Waals surface area contributed by atoms with Crippen molar-refractivity contribution < 1.29 is 14.4 Å². The third-order valence-electron chi connectivity index (χ3n) is 3.42. The first kappa shape index (κ1) is 12.3. The Hall–Kier alpha value is -1.72. The van der Waals surface area contributed by atoms with E-state index in [2.05, 4.69) is 22.3 Å². The molecule has 5 nitrogen and oxygen atoms in total. The molecule has 1 aromatic heterocycles. The Balaban J connectivity index is 1.70. The van der Waals surface area contributed by atoms with E-state index in [0.29, 0.717) is 18.1 Å². The third-order valence-corrected chi connectivity index (χ3v) is 3.42. The molecular weight excluding hydrogens is 244 g/mol. The number of rotatable bonds is 5. The summed E-state index contributed by atoms with van der Waals surface area (Å²) in [5.74, 6) is 1.40. The van der Waals surface area contributed by atoms with Gasteiger partial charge in [0, 0.05) is 7.11 Å². The van der Waals surface area contributed by atoms with Gasteiger partial charge in [-0.15, -0.1) is 0 Å².